The van der Waals surface area contributed by atoms with E-state index in [9.17, 15) is 9.90 Å². The molecule has 1 aromatic carbocycles. The summed E-state index contributed by atoms with van der Waals surface area (Å²) >= 11 is 0. The molecular formula is C17H26N4O2. The van der Waals surface area contributed by atoms with Crippen LogP contribution in [0.1, 0.15) is 56.8 Å². The predicted octanol–water partition coefficient (Wildman–Crippen LogP) is 2.51. The largest absolute Gasteiger partial charge is 0.388 e. The molecule has 6 heteroatoms. The summed E-state index contributed by atoms with van der Waals surface area (Å²) in [6, 6.07) is 5.37. The van der Waals surface area contributed by atoms with Crippen LogP contribution in [0.4, 0.5) is 0 Å². The van der Waals surface area contributed by atoms with Gasteiger partial charge in [0, 0.05) is 18.7 Å². The SMILES string of the molecule is CCCC(O)(CCC)CNC(=O)c1ccc2c(c1)nnn2CC. The molecular weight excluding hydrogens is 292 g/mol. The average molecular weight is 318 g/mol. The standard InChI is InChI=1S/C17H26N4O2/c1-4-9-17(23,10-5-2)12-18-16(22)13-7-8-15-14(11-13)19-20-21(15)6-3/h7-8,11,23H,4-6,9-10,12H2,1-3H3,(H,18,22). The third kappa shape index (κ3) is 4.07. The Labute approximate surface area is 136 Å². The maximum absolute atomic E-state index is 12.3. The number of hydrogen-bond acceptors (Lipinski definition) is 4. The molecule has 2 aromatic rings. The van der Waals surface area contributed by atoms with Crippen molar-refractivity contribution >= 4 is 16.9 Å². The maximum atomic E-state index is 12.3. The first-order valence-electron chi connectivity index (χ1n) is 8.36. The minimum atomic E-state index is -0.825. The van der Waals surface area contributed by atoms with Gasteiger partial charge in [0.1, 0.15) is 5.52 Å². The molecule has 0 fully saturated rings. The van der Waals surface area contributed by atoms with Crippen LogP contribution in [0.15, 0.2) is 18.2 Å². The van der Waals surface area contributed by atoms with Gasteiger partial charge in [-0.2, -0.15) is 0 Å². The third-order valence-corrected chi connectivity index (χ3v) is 4.08. The van der Waals surface area contributed by atoms with Crippen molar-refractivity contribution in [3.8, 4) is 0 Å². The highest BCUT2D eigenvalue weighted by atomic mass is 16.3. The Hall–Kier alpha value is -1.95. The average Bonchev–Trinajstić information content (AvgIpc) is 2.95. The van der Waals surface area contributed by atoms with Gasteiger partial charge in [0.2, 0.25) is 0 Å². The van der Waals surface area contributed by atoms with Crippen molar-refractivity contribution < 1.29 is 9.90 Å². The summed E-state index contributed by atoms with van der Waals surface area (Å²) in [6.45, 7) is 7.08. The third-order valence-electron chi connectivity index (χ3n) is 4.08. The lowest BCUT2D eigenvalue weighted by molar-refractivity contribution is 0.0213. The number of aliphatic hydroxyl groups is 1. The van der Waals surface area contributed by atoms with E-state index >= 15 is 0 Å². The van der Waals surface area contributed by atoms with E-state index in [2.05, 4.69) is 15.6 Å². The van der Waals surface area contributed by atoms with Gasteiger partial charge >= 0.3 is 0 Å². The molecule has 0 saturated carbocycles. The van der Waals surface area contributed by atoms with Crippen molar-refractivity contribution in [1.82, 2.24) is 20.3 Å². The number of carbonyl (C=O) groups is 1. The van der Waals surface area contributed by atoms with E-state index in [1.54, 1.807) is 16.8 Å². The van der Waals surface area contributed by atoms with Crippen LogP contribution >= 0.6 is 0 Å². The molecule has 0 aliphatic heterocycles. The highest BCUT2D eigenvalue weighted by molar-refractivity contribution is 5.97. The minimum Gasteiger partial charge on any atom is -0.388 e. The molecule has 0 aliphatic carbocycles. The summed E-state index contributed by atoms with van der Waals surface area (Å²) in [5.74, 6) is -0.191. The molecule has 1 heterocycles. The molecule has 0 atom stereocenters. The zero-order valence-corrected chi connectivity index (χ0v) is 14.2. The van der Waals surface area contributed by atoms with Crippen LogP contribution < -0.4 is 5.32 Å². The van der Waals surface area contributed by atoms with Gasteiger partial charge in [0.25, 0.3) is 5.91 Å². The van der Waals surface area contributed by atoms with E-state index in [1.165, 1.54) is 0 Å². The first-order valence-corrected chi connectivity index (χ1v) is 8.36. The summed E-state index contributed by atoms with van der Waals surface area (Å²) in [7, 11) is 0. The Morgan fingerprint density at radius 1 is 1.26 bits per heavy atom. The van der Waals surface area contributed by atoms with E-state index in [1.807, 2.05) is 26.8 Å². The van der Waals surface area contributed by atoms with Gasteiger partial charge in [-0.25, -0.2) is 4.68 Å². The van der Waals surface area contributed by atoms with Crippen LogP contribution in [-0.4, -0.2) is 38.2 Å². The first-order chi connectivity index (χ1) is 11.0. The molecule has 0 bridgehead atoms. The summed E-state index contributed by atoms with van der Waals surface area (Å²) < 4.78 is 1.79. The number of carbonyl (C=O) groups excluding carboxylic acids is 1. The van der Waals surface area contributed by atoms with Crippen LogP contribution in [-0.2, 0) is 6.54 Å². The number of aryl methyl sites for hydroxylation is 1. The first kappa shape index (κ1) is 17.4. The van der Waals surface area contributed by atoms with Crippen molar-refractivity contribution in [2.75, 3.05) is 6.54 Å². The van der Waals surface area contributed by atoms with Crippen LogP contribution in [0, 0.1) is 0 Å². The van der Waals surface area contributed by atoms with Crippen molar-refractivity contribution in [1.29, 1.82) is 0 Å². The molecule has 1 amide bonds. The Bertz CT molecular complexity index is 660. The van der Waals surface area contributed by atoms with Gasteiger partial charge in [-0.05, 0) is 38.0 Å². The molecule has 6 nitrogen and oxygen atoms in total. The second kappa shape index (κ2) is 7.55. The predicted molar refractivity (Wildman–Crippen MR) is 90.3 cm³/mol. The monoisotopic (exact) mass is 318 g/mol. The number of amides is 1. The number of nitrogens with one attached hydrogen (secondary N) is 1. The van der Waals surface area contributed by atoms with Gasteiger partial charge in [-0.15, -0.1) is 5.10 Å². The minimum absolute atomic E-state index is 0.191. The molecule has 126 valence electrons. The second-order valence-electron chi connectivity index (χ2n) is 6.02. The second-order valence-corrected chi connectivity index (χ2v) is 6.02. The van der Waals surface area contributed by atoms with Crippen molar-refractivity contribution in [2.24, 2.45) is 0 Å². The number of aromatic nitrogens is 3. The van der Waals surface area contributed by atoms with Crippen molar-refractivity contribution in [2.45, 2.75) is 58.6 Å². The van der Waals surface area contributed by atoms with Gasteiger partial charge in [0.15, 0.2) is 0 Å². The molecule has 0 unspecified atom stereocenters. The molecule has 23 heavy (non-hydrogen) atoms. The lowest BCUT2D eigenvalue weighted by Crippen LogP contribution is -2.42. The lowest BCUT2D eigenvalue weighted by Gasteiger charge is -2.27. The fourth-order valence-corrected chi connectivity index (χ4v) is 2.93. The van der Waals surface area contributed by atoms with Crippen molar-refractivity contribution in [3.05, 3.63) is 23.8 Å². The highest BCUT2D eigenvalue weighted by Crippen LogP contribution is 2.19. The molecule has 0 aliphatic rings. The van der Waals surface area contributed by atoms with Gasteiger partial charge in [-0.3, -0.25) is 4.79 Å². The Morgan fingerprint density at radius 2 is 1.96 bits per heavy atom. The fraction of sp³-hybridized carbons (Fsp3) is 0.588. The Balaban J connectivity index is 2.08. The van der Waals surface area contributed by atoms with Crippen LogP contribution in [0.3, 0.4) is 0 Å². The Kier molecular flexibility index (Phi) is 5.71. The Morgan fingerprint density at radius 3 is 2.57 bits per heavy atom. The fourth-order valence-electron chi connectivity index (χ4n) is 2.93. The van der Waals surface area contributed by atoms with Gasteiger partial charge in [-0.1, -0.05) is 31.9 Å². The highest BCUT2D eigenvalue weighted by Gasteiger charge is 2.25. The van der Waals surface area contributed by atoms with E-state index in [4.69, 9.17) is 0 Å². The van der Waals surface area contributed by atoms with E-state index < -0.39 is 5.60 Å². The van der Waals surface area contributed by atoms with Crippen LogP contribution in [0.5, 0.6) is 0 Å². The number of hydrogen-bond donors (Lipinski definition) is 2. The zero-order chi connectivity index (χ0) is 16.9. The molecule has 0 radical (unpaired) electrons. The van der Waals surface area contributed by atoms with E-state index in [-0.39, 0.29) is 12.5 Å². The van der Waals surface area contributed by atoms with Gasteiger partial charge < -0.3 is 10.4 Å². The molecule has 2 rings (SSSR count). The summed E-state index contributed by atoms with van der Waals surface area (Å²) in [5, 5.41) is 21.6. The molecule has 0 saturated heterocycles. The topological polar surface area (TPSA) is 80.0 Å². The summed E-state index contributed by atoms with van der Waals surface area (Å²) in [6.07, 6.45) is 3.15. The quantitative estimate of drug-likeness (QED) is 0.784. The lowest BCUT2D eigenvalue weighted by atomic mass is 9.92. The summed E-state index contributed by atoms with van der Waals surface area (Å²) in [5.41, 5.74) is 1.33. The zero-order valence-electron chi connectivity index (χ0n) is 14.2. The van der Waals surface area contributed by atoms with Crippen LogP contribution in [0.2, 0.25) is 0 Å². The smallest absolute Gasteiger partial charge is 0.251 e. The normalized spacial score (nSPS) is 11.8. The number of benzene rings is 1. The summed E-state index contributed by atoms with van der Waals surface area (Å²) in [4.78, 5) is 12.3. The molecule has 0 spiro atoms. The molecule has 1 aromatic heterocycles. The van der Waals surface area contributed by atoms with Crippen LogP contribution in [0.25, 0.3) is 11.0 Å². The maximum Gasteiger partial charge on any atom is 0.251 e. The number of nitrogens with zero attached hydrogens (tertiary/aromatic N) is 3. The van der Waals surface area contributed by atoms with Crippen molar-refractivity contribution in [3.63, 3.8) is 0 Å². The molecule has 2 N–H and O–H groups in total. The number of fused-ring (bicyclic) bond motifs is 1. The van der Waals surface area contributed by atoms with E-state index in [0.717, 1.165) is 24.9 Å². The van der Waals surface area contributed by atoms with Gasteiger partial charge in [0.05, 0.1) is 11.1 Å². The number of rotatable bonds is 8. The van der Waals surface area contributed by atoms with E-state index in [0.29, 0.717) is 23.9 Å².